The molecule has 0 radical (unpaired) electrons. The second-order valence-electron chi connectivity index (χ2n) is 6.34. The number of hydrogen-bond acceptors (Lipinski definition) is 7. The Hall–Kier alpha value is -0.630. The van der Waals surface area contributed by atoms with Crippen LogP contribution in [0, 0.1) is 5.41 Å². The van der Waals surface area contributed by atoms with E-state index in [2.05, 4.69) is 0 Å². The summed E-state index contributed by atoms with van der Waals surface area (Å²) in [7, 11) is -2.62. The van der Waals surface area contributed by atoms with Crippen LogP contribution in [0.15, 0.2) is 24.3 Å². The first kappa shape index (κ1) is 22.4. The smallest absolute Gasteiger partial charge is 0.324 e. The minimum atomic E-state index is -2.62. The lowest BCUT2D eigenvalue weighted by Gasteiger charge is -2.35. The summed E-state index contributed by atoms with van der Waals surface area (Å²) in [6, 6.07) is 7.36. The van der Waals surface area contributed by atoms with Crippen molar-refractivity contribution >= 4 is 8.60 Å². The van der Waals surface area contributed by atoms with E-state index in [0.717, 1.165) is 5.56 Å². The Morgan fingerprint density at radius 3 is 1.65 bits per heavy atom. The van der Waals surface area contributed by atoms with Crippen LogP contribution in [0.1, 0.15) is 38.0 Å². The summed E-state index contributed by atoms with van der Waals surface area (Å²) in [4.78, 5) is 21.7. The van der Waals surface area contributed by atoms with E-state index < -0.39 is 39.9 Å². The zero-order valence-electron chi connectivity index (χ0n) is 13.6. The van der Waals surface area contributed by atoms with Crippen LogP contribution in [0.2, 0.25) is 0 Å². The Balaban J connectivity index is 0.00000108. The summed E-state index contributed by atoms with van der Waals surface area (Å²) >= 11 is 0. The molecule has 0 fully saturated rings. The molecule has 23 heavy (non-hydrogen) atoms. The van der Waals surface area contributed by atoms with Crippen molar-refractivity contribution in [2.75, 3.05) is 19.8 Å². The minimum Gasteiger partial charge on any atom is -0.395 e. The van der Waals surface area contributed by atoms with Crippen molar-refractivity contribution < 1.29 is 35.1 Å². The van der Waals surface area contributed by atoms with Crippen LogP contribution >= 0.6 is 8.60 Å². The van der Waals surface area contributed by atoms with E-state index in [4.69, 9.17) is 14.7 Å². The molecule has 0 amide bonds. The van der Waals surface area contributed by atoms with Crippen molar-refractivity contribution in [2.24, 2.45) is 5.41 Å². The van der Waals surface area contributed by atoms with Gasteiger partial charge in [0.2, 0.25) is 0 Å². The zero-order chi connectivity index (χ0) is 18.3. The van der Waals surface area contributed by atoms with Gasteiger partial charge in [-0.15, -0.1) is 0 Å². The second-order valence-corrected chi connectivity index (χ2v) is 6.88. The van der Waals surface area contributed by atoms with Gasteiger partial charge < -0.3 is 35.1 Å². The summed E-state index contributed by atoms with van der Waals surface area (Å²) in [6.45, 7) is 4.62. The average Bonchev–Trinajstić information content (AvgIpc) is 2.48. The van der Waals surface area contributed by atoms with Gasteiger partial charge in [0.1, 0.15) is 0 Å². The first-order chi connectivity index (χ1) is 10.6. The van der Waals surface area contributed by atoms with Gasteiger partial charge in [0, 0.05) is 0 Å². The molecule has 0 aliphatic rings. The van der Waals surface area contributed by atoms with Gasteiger partial charge in [-0.1, -0.05) is 45.0 Å². The molecule has 1 aromatic carbocycles. The van der Waals surface area contributed by atoms with Gasteiger partial charge >= 0.3 is 8.60 Å². The van der Waals surface area contributed by atoms with Gasteiger partial charge in [-0.3, -0.25) is 0 Å². The van der Waals surface area contributed by atoms with E-state index in [1.165, 1.54) is 0 Å². The van der Waals surface area contributed by atoms with Gasteiger partial charge in [0.25, 0.3) is 0 Å². The Kier molecular flexibility index (Phi) is 9.35. The van der Waals surface area contributed by atoms with E-state index in [1.807, 2.05) is 32.9 Å². The van der Waals surface area contributed by atoms with Crippen LogP contribution in [0.4, 0.5) is 0 Å². The fourth-order valence-corrected chi connectivity index (χ4v) is 2.16. The zero-order valence-corrected chi connectivity index (χ0v) is 14.5. The lowest BCUT2D eigenvalue weighted by atomic mass is 9.75. The molecule has 1 unspecified atom stereocenters. The topological polar surface area (TPSA) is 142 Å². The van der Waals surface area contributed by atoms with Crippen LogP contribution in [-0.2, 0) is 5.41 Å². The molecule has 0 spiro atoms. The highest BCUT2D eigenvalue weighted by molar-refractivity contribution is 7.38. The van der Waals surface area contributed by atoms with Crippen molar-refractivity contribution in [3.8, 4) is 0 Å². The number of aliphatic hydroxyl groups is 4. The van der Waals surface area contributed by atoms with Crippen molar-refractivity contribution in [3.63, 3.8) is 0 Å². The molecular weight excluding hydrogens is 323 g/mol. The number of benzene rings is 1. The fourth-order valence-electron chi connectivity index (χ4n) is 2.16. The molecule has 1 aromatic rings. The molecule has 0 bridgehead atoms. The maximum atomic E-state index is 10.5. The number of hydrogen-bond donors (Lipinski definition) is 7. The maximum Gasteiger partial charge on any atom is 0.324 e. The largest absolute Gasteiger partial charge is 0.395 e. The summed E-state index contributed by atoms with van der Waals surface area (Å²) in [5.74, 6) is 0. The minimum absolute atomic E-state index is 0.177. The molecule has 0 aliphatic heterocycles. The monoisotopic (exact) mass is 350 g/mol. The number of rotatable bonds is 5. The van der Waals surface area contributed by atoms with Crippen LogP contribution < -0.4 is 0 Å². The molecule has 0 aliphatic carbocycles. The SMILES string of the molecule is CC(C)(C)c1ccccc1C(O)C(CO)(CO)CO.OP(O)O. The molecule has 134 valence electrons. The van der Waals surface area contributed by atoms with Crippen LogP contribution in [0.3, 0.4) is 0 Å². The number of aliphatic hydroxyl groups excluding tert-OH is 4. The van der Waals surface area contributed by atoms with E-state index in [0.29, 0.717) is 5.56 Å². The summed E-state index contributed by atoms with van der Waals surface area (Å²) in [5.41, 5.74) is 0.0553. The molecule has 7 nitrogen and oxygen atoms in total. The fraction of sp³-hybridized carbons (Fsp3) is 0.600. The highest BCUT2D eigenvalue weighted by Gasteiger charge is 2.39. The van der Waals surface area contributed by atoms with Crippen LogP contribution in [-0.4, -0.2) is 54.9 Å². The van der Waals surface area contributed by atoms with Crippen molar-refractivity contribution in [3.05, 3.63) is 35.4 Å². The molecule has 8 heteroatoms. The Morgan fingerprint density at radius 2 is 1.30 bits per heavy atom. The molecule has 0 aromatic heterocycles. The van der Waals surface area contributed by atoms with Crippen LogP contribution in [0.25, 0.3) is 0 Å². The van der Waals surface area contributed by atoms with Gasteiger partial charge in [-0.05, 0) is 16.5 Å². The lowest BCUT2D eigenvalue weighted by molar-refractivity contribution is -0.0857. The quantitative estimate of drug-likeness (QED) is 0.375. The normalized spacial score (nSPS) is 13.5. The average molecular weight is 350 g/mol. The molecule has 0 heterocycles. The highest BCUT2D eigenvalue weighted by atomic mass is 31.2. The third kappa shape index (κ3) is 6.41. The van der Waals surface area contributed by atoms with Crippen molar-refractivity contribution in [1.82, 2.24) is 0 Å². The van der Waals surface area contributed by atoms with E-state index >= 15 is 0 Å². The van der Waals surface area contributed by atoms with Gasteiger partial charge in [0.05, 0.1) is 31.3 Å². The van der Waals surface area contributed by atoms with Gasteiger partial charge in [-0.25, -0.2) is 0 Å². The first-order valence-corrected chi connectivity index (χ1v) is 8.22. The molecule has 0 saturated carbocycles. The Labute approximate surface area is 137 Å². The molecular formula is C15H27O7P. The lowest BCUT2D eigenvalue weighted by Crippen LogP contribution is -2.41. The summed E-state index contributed by atoms with van der Waals surface area (Å²) in [6.07, 6.45) is -1.12. The molecule has 0 saturated heterocycles. The third-order valence-electron chi connectivity index (χ3n) is 3.59. The van der Waals surface area contributed by atoms with Gasteiger partial charge in [0.15, 0.2) is 0 Å². The predicted molar refractivity (Wildman–Crippen MR) is 87.4 cm³/mol. The van der Waals surface area contributed by atoms with E-state index in [-0.39, 0.29) is 5.41 Å². The molecule has 7 N–H and O–H groups in total. The standard InChI is InChI=1S/C15H24O4.H3O3P/c1-14(2,3)12-7-5-4-6-11(12)13(19)15(8-16,9-17)10-18;1-4(2)3/h4-7,13,16-19H,8-10H2,1-3H3;1-3H. The molecule has 1 rings (SSSR count). The summed E-state index contributed by atoms with van der Waals surface area (Å²) in [5, 5.41) is 38.8. The highest BCUT2D eigenvalue weighted by Crippen LogP contribution is 2.38. The third-order valence-corrected chi connectivity index (χ3v) is 3.59. The maximum absolute atomic E-state index is 10.5. The van der Waals surface area contributed by atoms with E-state index in [9.17, 15) is 20.4 Å². The second kappa shape index (κ2) is 9.61. The van der Waals surface area contributed by atoms with Crippen molar-refractivity contribution in [2.45, 2.75) is 32.3 Å². The van der Waals surface area contributed by atoms with Crippen LogP contribution in [0.5, 0.6) is 0 Å². The predicted octanol–water partition coefficient (Wildman–Crippen LogP) is 0.171. The first-order valence-electron chi connectivity index (χ1n) is 7.02. The van der Waals surface area contributed by atoms with E-state index in [1.54, 1.807) is 12.1 Å². The Morgan fingerprint density at radius 1 is 0.913 bits per heavy atom. The summed E-state index contributed by atoms with van der Waals surface area (Å²) < 4.78 is 0. The van der Waals surface area contributed by atoms with Gasteiger partial charge in [-0.2, -0.15) is 0 Å². The van der Waals surface area contributed by atoms with Crippen molar-refractivity contribution in [1.29, 1.82) is 0 Å². The molecule has 1 atom stereocenters. The Bertz CT molecular complexity index is 444.